The van der Waals surface area contributed by atoms with Gasteiger partial charge in [-0.15, -0.1) is 0 Å². The molecule has 2 aromatic rings. The molecule has 0 saturated carbocycles. The van der Waals surface area contributed by atoms with Gasteiger partial charge in [0.25, 0.3) is 0 Å². The summed E-state index contributed by atoms with van der Waals surface area (Å²) >= 11 is 0. The van der Waals surface area contributed by atoms with Crippen molar-refractivity contribution in [1.29, 1.82) is 0 Å². The zero-order valence-corrected chi connectivity index (χ0v) is 12.4. The van der Waals surface area contributed by atoms with Crippen LogP contribution < -0.4 is 10.6 Å². The van der Waals surface area contributed by atoms with Gasteiger partial charge in [0, 0.05) is 31.4 Å². The largest absolute Gasteiger partial charge is 0.352 e. The molecule has 1 aromatic heterocycles. The first-order valence-corrected chi connectivity index (χ1v) is 6.98. The lowest BCUT2D eigenvalue weighted by molar-refractivity contribution is 0.792. The summed E-state index contributed by atoms with van der Waals surface area (Å²) in [6.45, 7) is 8.35. The van der Waals surface area contributed by atoms with Crippen molar-refractivity contribution in [1.82, 2.24) is 9.97 Å². The van der Waals surface area contributed by atoms with Crippen molar-refractivity contribution in [3.63, 3.8) is 0 Å². The summed E-state index contributed by atoms with van der Waals surface area (Å²) in [7, 11) is 0. The molecule has 0 aliphatic carbocycles. The van der Waals surface area contributed by atoms with Crippen LogP contribution in [0.3, 0.4) is 0 Å². The van der Waals surface area contributed by atoms with E-state index >= 15 is 0 Å². The van der Waals surface area contributed by atoms with E-state index in [1.54, 1.807) is 0 Å². The number of anilines is 1. The van der Waals surface area contributed by atoms with Crippen LogP contribution in [0.15, 0.2) is 30.3 Å². The highest BCUT2D eigenvalue weighted by Crippen LogP contribution is 2.17. The summed E-state index contributed by atoms with van der Waals surface area (Å²) in [6, 6.07) is 10.3. The standard InChI is InChI=1S/C16H22N4/c1-4-20(16-9-12(2)18-13(3)19-16)11-15-8-6-5-7-14(15)10-17/h5-9H,4,10-11,17H2,1-3H3. The zero-order chi connectivity index (χ0) is 14.5. The monoisotopic (exact) mass is 270 g/mol. The highest BCUT2D eigenvalue weighted by Gasteiger charge is 2.10. The van der Waals surface area contributed by atoms with Crippen LogP contribution in [0.4, 0.5) is 5.82 Å². The maximum Gasteiger partial charge on any atom is 0.132 e. The van der Waals surface area contributed by atoms with Gasteiger partial charge >= 0.3 is 0 Å². The van der Waals surface area contributed by atoms with Gasteiger partial charge in [-0.3, -0.25) is 0 Å². The Labute approximate surface area is 120 Å². The summed E-state index contributed by atoms with van der Waals surface area (Å²) in [6.07, 6.45) is 0. The fourth-order valence-electron chi connectivity index (χ4n) is 2.33. The van der Waals surface area contributed by atoms with Crippen molar-refractivity contribution in [2.45, 2.75) is 33.9 Å². The molecule has 4 nitrogen and oxygen atoms in total. The van der Waals surface area contributed by atoms with E-state index in [4.69, 9.17) is 5.73 Å². The first kappa shape index (κ1) is 14.5. The Hall–Kier alpha value is -1.94. The highest BCUT2D eigenvalue weighted by atomic mass is 15.2. The molecule has 0 fully saturated rings. The van der Waals surface area contributed by atoms with Crippen molar-refractivity contribution < 1.29 is 0 Å². The van der Waals surface area contributed by atoms with Crippen molar-refractivity contribution >= 4 is 5.82 Å². The van der Waals surface area contributed by atoms with Gasteiger partial charge in [0.1, 0.15) is 11.6 Å². The minimum Gasteiger partial charge on any atom is -0.352 e. The third kappa shape index (κ3) is 3.33. The molecule has 1 aromatic carbocycles. The fraction of sp³-hybridized carbons (Fsp3) is 0.375. The molecule has 1 heterocycles. The summed E-state index contributed by atoms with van der Waals surface area (Å²) in [5.41, 5.74) is 9.25. The minimum atomic E-state index is 0.565. The van der Waals surface area contributed by atoms with Crippen LogP contribution in [0.2, 0.25) is 0 Å². The summed E-state index contributed by atoms with van der Waals surface area (Å²) < 4.78 is 0. The Morgan fingerprint density at radius 1 is 1.10 bits per heavy atom. The molecule has 0 unspecified atom stereocenters. The molecule has 0 bridgehead atoms. The quantitative estimate of drug-likeness (QED) is 0.907. The van der Waals surface area contributed by atoms with E-state index < -0.39 is 0 Å². The maximum atomic E-state index is 5.81. The van der Waals surface area contributed by atoms with E-state index in [-0.39, 0.29) is 0 Å². The predicted octanol–water partition coefficient (Wildman–Crippen LogP) is 2.58. The first-order valence-electron chi connectivity index (χ1n) is 6.98. The van der Waals surface area contributed by atoms with E-state index in [1.165, 1.54) is 11.1 Å². The van der Waals surface area contributed by atoms with Gasteiger partial charge in [-0.25, -0.2) is 9.97 Å². The van der Waals surface area contributed by atoms with Crippen molar-refractivity contribution in [3.05, 3.63) is 53.0 Å². The average molecular weight is 270 g/mol. The Bertz CT molecular complexity index is 560. The van der Waals surface area contributed by atoms with Crippen molar-refractivity contribution in [2.24, 2.45) is 5.73 Å². The number of hydrogen-bond acceptors (Lipinski definition) is 4. The van der Waals surface area contributed by atoms with Gasteiger partial charge < -0.3 is 10.6 Å². The zero-order valence-electron chi connectivity index (χ0n) is 12.4. The molecule has 0 aliphatic heterocycles. The molecule has 0 radical (unpaired) electrons. The first-order chi connectivity index (χ1) is 9.63. The highest BCUT2D eigenvalue weighted by molar-refractivity contribution is 5.42. The second kappa shape index (κ2) is 6.48. The second-order valence-electron chi connectivity index (χ2n) is 4.90. The Morgan fingerprint density at radius 3 is 2.40 bits per heavy atom. The molecular weight excluding hydrogens is 248 g/mol. The number of nitrogens with two attached hydrogens (primary N) is 1. The van der Waals surface area contributed by atoms with Crippen LogP contribution in [-0.4, -0.2) is 16.5 Å². The van der Waals surface area contributed by atoms with Crippen LogP contribution >= 0.6 is 0 Å². The van der Waals surface area contributed by atoms with Crippen molar-refractivity contribution in [2.75, 3.05) is 11.4 Å². The summed E-state index contributed by atoms with van der Waals surface area (Å²) in [5, 5.41) is 0. The number of hydrogen-bond donors (Lipinski definition) is 1. The lowest BCUT2D eigenvalue weighted by Crippen LogP contribution is -2.24. The van der Waals surface area contributed by atoms with E-state index in [0.717, 1.165) is 30.4 Å². The molecule has 0 atom stereocenters. The van der Waals surface area contributed by atoms with Gasteiger partial charge in [0.15, 0.2) is 0 Å². The normalized spacial score (nSPS) is 10.6. The molecule has 0 aliphatic rings. The lowest BCUT2D eigenvalue weighted by Gasteiger charge is -2.23. The third-order valence-electron chi connectivity index (χ3n) is 3.36. The minimum absolute atomic E-state index is 0.565. The van der Waals surface area contributed by atoms with Crippen LogP contribution in [0.5, 0.6) is 0 Å². The number of aryl methyl sites for hydroxylation is 2. The smallest absolute Gasteiger partial charge is 0.132 e. The van der Waals surface area contributed by atoms with Gasteiger partial charge in [-0.05, 0) is 31.9 Å². The molecule has 2 rings (SSSR count). The molecule has 0 saturated heterocycles. The number of aromatic nitrogens is 2. The van der Waals surface area contributed by atoms with Crippen LogP contribution in [0.1, 0.15) is 29.6 Å². The average Bonchev–Trinajstić information content (AvgIpc) is 2.44. The molecular formula is C16H22N4. The van der Waals surface area contributed by atoms with Crippen LogP contribution in [0, 0.1) is 13.8 Å². The number of benzene rings is 1. The van der Waals surface area contributed by atoms with E-state index in [1.807, 2.05) is 26.0 Å². The maximum absolute atomic E-state index is 5.81. The second-order valence-corrected chi connectivity index (χ2v) is 4.90. The van der Waals surface area contributed by atoms with Gasteiger partial charge in [0.05, 0.1) is 0 Å². The molecule has 20 heavy (non-hydrogen) atoms. The van der Waals surface area contributed by atoms with Gasteiger partial charge in [-0.2, -0.15) is 0 Å². The topological polar surface area (TPSA) is 55.0 Å². The summed E-state index contributed by atoms with van der Waals surface area (Å²) in [4.78, 5) is 11.1. The number of nitrogens with zero attached hydrogens (tertiary/aromatic N) is 3. The molecule has 2 N–H and O–H groups in total. The van der Waals surface area contributed by atoms with Gasteiger partial charge in [0.2, 0.25) is 0 Å². The van der Waals surface area contributed by atoms with E-state index in [0.29, 0.717) is 6.54 Å². The SMILES string of the molecule is CCN(Cc1ccccc1CN)c1cc(C)nc(C)n1. The molecule has 0 spiro atoms. The lowest BCUT2D eigenvalue weighted by atomic mass is 10.1. The third-order valence-corrected chi connectivity index (χ3v) is 3.36. The fourth-order valence-corrected chi connectivity index (χ4v) is 2.33. The van der Waals surface area contributed by atoms with Crippen molar-refractivity contribution in [3.8, 4) is 0 Å². The molecule has 106 valence electrons. The van der Waals surface area contributed by atoms with E-state index in [2.05, 4.69) is 40.0 Å². The van der Waals surface area contributed by atoms with E-state index in [9.17, 15) is 0 Å². The number of rotatable bonds is 5. The Kier molecular flexibility index (Phi) is 4.69. The molecule has 0 amide bonds. The van der Waals surface area contributed by atoms with Gasteiger partial charge in [-0.1, -0.05) is 24.3 Å². The Balaban J connectivity index is 2.28. The molecule has 4 heteroatoms. The van der Waals surface area contributed by atoms with Crippen LogP contribution in [0.25, 0.3) is 0 Å². The summed E-state index contributed by atoms with van der Waals surface area (Å²) in [5.74, 6) is 1.79. The van der Waals surface area contributed by atoms with Crippen LogP contribution in [-0.2, 0) is 13.1 Å². The predicted molar refractivity (Wildman–Crippen MR) is 82.6 cm³/mol. The Morgan fingerprint density at radius 2 is 1.80 bits per heavy atom.